The van der Waals surface area contributed by atoms with Gasteiger partial charge in [0, 0.05) is 21.5 Å². The molecule has 6 rings (SSSR count). The van der Waals surface area contributed by atoms with Crippen molar-refractivity contribution < 1.29 is 55.5 Å². The van der Waals surface area contributed by atoms with Gasteiger partial charge < -0.3 is 20.6 Å². The number of rotatable bonds is 7. The molecule has 12 nitrogen and oxygen atoms in total. The minimum atomic E-state index is -4.80. The predicted molar refractivity (Wildman–Crippen MR) is 182 cm³/mol. The molecule has 0 bridgehead atoms. The molecule has 0 aromatic heterocycles. The van der Waals surface area contributed by atoms with Crippen LogP contribution in [0.4, 0.5) is 34.1 Å². The number of nitrogens with zero attached hydrogens (tertiary/aromatic N) is 4. The Hall–Kier alpha value is -4.54. The number of azo groups is 2. The van der Waals surface area contributed by atoms with Gasteiger partial charge in [-0.15, -0.1) is 10.2 Å². The molecule has 0 aliphatic carbocycles. The van der Waals surface area contributed by atoms with Crippen LogP contribution < -0.4 is 41.0 Å². The first kappa shape index (κ1) is 35.8. The second kappa shape index (κ2) is 13.8. The van der Waals surface area contributed by atoms with E-state index >= 15 is 0 Å². The molecule has 242 valence electrons. The molecule has 0 heterocycles. The number of hydrogen-bond acceptors (Lipinski definition) is 12. The summed E-state index contributed by atoms with van der Waals surface area (Å²) in [4.78, 5) is -0.847. The molecule has 6 aromatic rings. The van der Waals surface area contributed by atoms with E-state index in [4.69, 9.17) is 11.5 Å². The normalized spacial score (nSPS) is 12.2. The molecule has 0 fully saturated rings. The molecule has 0 aliphatic heterocycles. The zero-order valence-electron chi connectivity index (χ0n) is 26.4. The van der Waals surface area contributed by atoms with Crippen molar-refractivity contribution in [3.63, 3.8) is 0 Å². The summed E-state index contributed by atoms with van der Waals surface area (Å²) in [6.07, 6.45) is 0. The van der Waals surface area contributed by atoms with Gasteiger partial charge in [0.25, 0.3) is 0 Å². The van der Waals surface area contributed by atoms with Gasteiger partial charge in [-0.3, -0.25) is 0 Å². The first-order valence-corrected chi connectivity index (χ1v) is 17.1. The van der Waals surface area contributed by atoms with Crippen LogP contribution >= 0.6 is 0 Å². The van der Waals surface area contributed by atoms with E-state index in [9.17, 15) is 25.9 Å². The number of benzene rings is 6. The summed E-state index contributed by atoms with van der Waals surface area (Å²) in [5.74, 6) is 0. The number of nitrogens with two attached hydrogens (primary N) is 2. The van der Waals surface area contributed by atoms with Crippen molar-refractivity contribution in [3.8, 4) is 11.1 Å². The third-order valence-corrected chi connectivity index (χ3v) is 9.60. The van der Waals surface area contributed by atoms with Crippen LogP contribution in [0.15, 0.2) is 127 Å². The molecule has 0 saturated heterocycles. The zero-order chi connectivity index (χ0) is 34.4. The van der Waals surface area contributed by atoms with Crippen molar-refractivity contribution in [2.75, 3.05) is 11.5 Å². The smallest absolute Gasteiger partial charge is 0.744 e. The number of aryl methyl sites for hydroxylation is 2. The van der Waals surface area contributed by atoms with Crippen molar-refractivity contribution in [2.45, 2.75) is 23.6 Å². The van der Waals surface area contributed by atoms with E-state index in [-0.39, 0.29) is 63.1 Å². The summed E-state index contributed by atoms with van der Waals surface area (Å²) in [6, 6.07) is 26.1. The Morgan fingerprint density at radius 2 is 0.816 bits per heavy atom. The topological polar surface area (TPSA) is 216 Å². The maximum Gasteiger partial charge on any atom is 1.00 e. The molecule has 0 radical (unpaired) electrons. The van der Waals surface area contributed by atoms with Crippen LogP contribution in [0.2, 0.25) is 0 Å². The maximum absolute atomic E-state index is 11.9. The van der Waals surface area contributed by atoms with E-state index in [1.54, 1.807) is 48.5 Å². The number of fused-ring (bicyclic) bond motifs is 2. The Labute approximate surface area is 304 Å². The summed E-state index contributed by atoms with van der Waals surface area (Å²) in [5.41, 5.74) is 17.3. The Morgan fingerprint density at radius 3 is 1.14 bits per heavy atom. The second-order valence-electron chi connectivity index (χ2n) is 11.0. The number of anilines is 2. The number of hydrogen-bond donors (Lipinski definition) is 2. The molecule has 0 unspecified atom stereocenters. The molecule has 4 N–H and O–H groups in total. The third kappa shape index (κ3) is 7.26. The first-order valence-electron chi connectivity index (χ1n) is 14.3. The maximum atomic E-state index is 11.9. The van der Waals surface area contributed by atoms with Crippen molar-refractivity contribution in [2.24, 2.45) is 20.5 Å². The van der Waals surface area contributed by atoms with Crippen LogP contribution in [0.25, 0.3) is 32.7 Å². The molecule has 0 saturated carbocycles. The molecular weight excluding hydrogens is 676 g/mol. The van der Waals surface area contributed by atoms with E-state index in [1.807, 2.05) is 38.1 Å². The molecule has 15 heteroatoms. The average molecular weight is 702 g/mol. The van der Waals surface area contributed by atoms with Crippen LogP contribution in [-0.4, -0.2) is 25.9 Å². The van der Waals surface area contributed by atoms with Crippen LogP contribution in [0.5, 0.6) is 0 Å². The SMILES string of the molecule is Cc1cc(-c2ccc(N=Nc3cc(S(=O)(=O)[O-])c4ccccc4c3N)c(C)c2)ccc1N=Nc1cc(S(=O)(=O)[O-])c2ccccc2c1N.[Na+]. The van der Waals surface area contributed by atoms with Gasteiger partial charge in [-0.2, -0.15) is 10.2 Å². The van der Waals surface area contributed by atoms with Gasteiger partial charge in [-0.1, -0.05) is 60.7 Å². The van der Waals surface area contributed by atoms with Crippen LogP contribution in [0.3, 0.4) is 0 Å². The van der Waals surface area contributed by atoms with E-state index in [0.29, 0.717) is 22.1 Å². The van der Waals surface area contributed by atoms with Crippen molar-refractivity contribution in [3.05, 3.63) is 108 Å². The van der Waals surface area contributed by atoms with Crippen LogP contribution in [-0.2, 0) is 20.2 Å². The predicted octanol–water partition coefficient (Wildman–Crippen LogP) is 5.08. The summed E-state index contributed by atoms with van der Waals surface area (Å²) in [6.45, 7) is 3.68. The molecule has 0 spiro atoms. The Balaban J connectivity index is 0.00000468. The molecule has 0 amide bonds. The standard InChI is InChI=1S/C34H28N6O6S2.Na/c1-19-15-21(11-13-27(19)37-39-29-17-31(47(41,42)43)23-7-3-5-9-25(23)33(29)35)22-12-14-28(20(2)16-22)38-40-30-18-32(48(44,45)46)24-8-4-6-10-26(24)34(30)36;/h3-18H,35-36H2,1-2H3,(H,41,42,43)(H,44,45,46);/q;+1/p-2. The van der Waals surface area contributed by atoms with E-state index in [2.05, 4.69) is 20.5 Å². The Kier molecular flexibility index (Phi) is 10.0. The molecule has 0 atom stereocenters. The first-order chi connectivity index (χ1) is 22.7. The van der Waals surface area contributed by atoms with Gasteiger partial charge >= 0.3 is 29.6 Å². The van der Waals surface area contributed by atoms with Crippen molar-refractivity contribution in [1.82, 2.24) is 0 Å². The Morgan fingerprint density at radius 1 is 0.490 bits per heavy atom. The van der Waals surface area contributed by atoms with E-state index < -0.39 is 30.0 Å². The van der Waals surface area contributed by atoms with Gasteiger partial charge in [0.05, 0.1) is 32.5 Å². The summed E-state index contributed by atoms with van der Waals surface area (Å²) < 4.78 is 71.7. The van der Waals surface area contributed by atoms with Crippen LogP contribution in [0.1, 0.15) is 11.1 Å². The summed E-state index contributed by atoms with van der Waals surface area (Å²) >= 11 is 0. The number of nitrogen functional groups attached to an aromatic ring is 2. The minimum Gasteiger partial charge on any atom is -0.744 e. The van der Waals surface area contributed by atoms with Crippen molar-refractivity contribution >= 4 is 75.9 Å². The van der Waals surface area contributed by atoms with E-state index in [1.165, 1.54) is 12.1 Å². The molecule has 0 aliphatic rings. The molecule has 6 aromatic carbocycles. The fourth-order valence-electron chi connectivity index (χ4n) is 5.39. The summed E-state index contributed by atoms with van der Waals surface area (Å²) in [7, 11) is -9.59. The fraction of sp³-hybridized carbons (Fsp3) is 0.0588. The van der Waals surface area contributed by atoms with Crippen molar-refractivity contribution in [1.29, 1.82) is 0 Å². The van der Waals surface area contributed by atoms with Gasteiger partial charge in [0.15, 0.2) is 0 Å². The fourth-order valence-corrected chi connectivity index (χ4v) is 6.80. The monoisotopic (exact) mass is 701 g/mol. The Bertz CT molecular complexity index is 2400. The van der Waals surface area contributed by atoms with Gasteiger partial charge in [0.1, 0.15) is 31.6 Å². The van der Waals surface area contributed by atoms with E-state index in [0.717, 1.165) is 34.4 Å². The zero-order valence-corrected chi connectivity index (χ0v) is 30.1. The van der Waals surface area contributed by atoms with Gasteiger partial charge in [-0.25, -0.2) is 16.8 Å². The second-order valence-corrected chi connectivity index (χ2v) is 13.7. The van der Waals surface area contributed by atoms with Crippen LogP contribution in [0, 0.1) is 13.8 Å². The summed E-state index contributed by atoms with van der Waals surface area (Å²) in [5, 5.41) is 18.2. The largest absolute Gasteiger partial charge is 1.00 e. The third-order valence-electron chi connectivity index (χ3n) is 7.85. The quantitative estimate of drug-likeness (QED) is 0.0987. The van der Waals surface area contributed by atoms with Gasteiger partial charge in [0.2, 0.25) is 0 Å². The molecule has 49 heavy (non-hydrogen) atoms. The van der Waals surface area contributed by atoms with Gasteiger partial charge in [-0.05, 0) is 72.5 Å². The minimum absolute atomic E-state index is 0. The molecular formula is C34H26N6NaO6S2-. The average Bonchev–Trinajstić information content (AvgIpc) is 3.04.